The molecule has 1 atom stereocenters. The van der Waals surface area contributed by atoms with Crippen molar-refractivity contribution in [2.75, 3.05) is 17.7 Å². The van der Waals surface area contributed by atoms with E-state index in [1.165, 1.54) is 6.26 Å². The smallest absolute Gasteiger partial charge is 0.291 e. The van der Waals surface area contributed by atoms with E-state index in [1.54, 1.807) is 36.8 Å². The van der Waals surface area contributed by atoms with Crippen molar-refractivity contribution >= 4 is 28.1 Å². The van der Waals surface area contributed by atoms with Crippen molar-refractivity contribution in [1.29, 1.82) is 0 Å². The Kier molecular flexibility index (Phi) is 6.56. The summed E-state index contributed by atoms with van der Waals surface area (Å²) in [6, 6.07) is 17.0. The summed E-state index contributed by atoms with van der Waals surface area (Å²) in [5.41, 5.74) is 3.00. The Morgan fingerprint density at radius 2 is 2.00 bits per heavy atom. The van der Waals surface area contributed by atoms with E-state index in [4.69, 9.17) is 9.15 Å². The number of pyridine rings is 1. The van der Waals surface area contributed by atoms with Gasteiger partial charge in [0.25, 0.3) is 5.91 Å². The average Bonchev–Trinajstić information content (AvgIpc) is 3.48. The molecule has 0 fully saturated rings. The van der Waals surface area contributed by atoms with Crippen LogP contribution in [-0.4, -0.2) is 18.0 Å². The Balaban J connectivity index is 1.79. The lowest BCUT2D eigenvalue weighted by Crippen LogP contribution is -2.17. The van der Waals surface area contributed by atoms with Gasteiger partial charge in [0.15, 0.2) is 5.76 Å². The molecule has 0 saturated heterocycles. The maximum absolute atomic E-state index is 12.8. The monoisotopic (exact) mass is 447 g/mol. The highest BCUT2D eigenvalue weighted by molar-refractivity contribution is 7.16. The van der Waals surface area contributed by atoms with Gasteiger partial charge in [-0.3, -0.25) is 4.79 Å². The quantitative estimate of drug-likeness (QED) is 0.343. The van der Waals surface area contributed by atoms with Crippen LogP contribution in [0.4, 0.5) is 10.8 Å². The molecule has 6 nitrogen and oxygen atoms in total. The fourth-order valence-electron chi connectivity index (χ4n) is 3.51. The molecule has 0 aliphatic heterocycles. The second kappa shape index (κ2) is 9.70. The van der Waals surface area contributed by atoms with Gasteiger partial charge < -0.3 is 19.8 Å². The molecule has 0 saturated carbocycles. The first kappa shape index (κ1) is 21.6. The Morgan fingerprint density at radius 1 is 1.16 bits per heavy atom. The zero-order valence-electron chi connectivity index (χ0n) is 18.2. The van der Waals surface area contributed by atoms with Gasteiger partial charge >= 0.3 is 0 Å². The first-order chi connectivity index (χ1) is 15.6. The summed E-state index contributed by atoms with van der Waals surface area (Å²) in [5, 5.41) is 7.35. The highest BCUT2D eigenvalue weighted by Crippen LogP contribution is 2.40. The number of carbonyl (C=O) groups is 1. The minimum absolute atomic E-state index is 0.268. The number of anilines is 2. The zero-order chi connectivity index (χ0) is 22.5. The summed E-state index contributed by atoms with van der Waals surface area (Å²) in [6.45, 7) is 4.13. The van der Waals surface area contributed by atoms with E-state index in [-0.39, 0.29) is 17.7 Å². The zero-order valence-corrected chi connectivity index (χ0v) is 19.0. The maximum Gasteiger partial charge on any atom is 0.291 e. The summed E-state index contributed by atoms with van der Waals surface area (Å²) in [7, 11) is 1.66. The maximum atomic E-state index is 12.8. The number of benzene rings is 1. The molecular weight excluding hydrogens is 422 g/mol. The van der Waals surface area contributed by atoms with Crippen LogP contribution in [0, 0.1) is 6.92 Å². The molecule has 2 N–H and O–H groups in total. The Labute approximate surface area is 191 Å². The van der Waals surface area contributed by atoms with Crippen LogP contribution in [0.25, 0.3) is 0 Å². The summed E-state index contributed by atoms with van der Waals surface area (Å²) in [5.74, 6) is 1.48. The summed E-state index contributed by atoms with van der Waals surface area (Å²) >= 11 is 1.56. The minimum Gasteiger partial charge on any atom is -0.496 e. The van der Waals surface area contributed by atoms with Crippen LogP contribution in [0.3, 0.4) is 0 Å². The minimum atomic E-state index is -0.288. The lowest BCUT2D eigenvalue weighted by Gasteiger charge is -2.23. The van der Waals surface area contributed by atoms with E-state index < -0.39 is 0 Å². The normalized spacial score (nSPS) is 11.7. The third kappa shape index (κ3) is 4.68. The molecule has 164 valence electrons. The number of furan rings is 1. The number of rotatable bonds is 8. The van der Waals surface area contributed by atoms with Gasteiger partial charge in [-0.05, 0) is 55.3 Å². The predicted molar refractivity (Wildman–Crippen MR) is 128 cm³/mol. The number of para-hydroxylation sites is 1. The fraction of sp³-hybridized carbons (Fsp3) is 0.200. The van der Waals surface area contributed by atoms with Crippen molar-refractivity contribution in [2.24, 2.45) is 0 Å². The van der Waals surface area contributed by atoms with Gasteiger partial charge in [0.1, 0.15) is 16.6 Å². The van der Waals surface area contributed by atoms with Crippen molar-refractivity contribution in [2.45, 2.75) is 26.3 Å². The second-order valence-corrected chi connectivity index (χ2v) is 8.46. The number of nitrogens with zero attached hydrogens (tertiary/aromatic N) is 1. The summed E-state index contributed by atoms with van der Waals surface area (Å²) < 4.78 is 10.9. The molecule has 0 spiro atoms. The number of hydrogen-bond acceptors (Lipinski definition) is 6. The molecule has 32 heavy (non-hydrogen) atoms. The van der Waals surface area contributed by atoms with Crippen molar-refractivity contribution in [3.05, 3.63) is 94.4 Å². The lowest BCUT2D eigenvalue weighted by molar-refractivity contribution is 0.0997. The van der Waals surface area contributed by atoms with E-state index in [0.717, 1.165) is 44.6 Å². The van der Waals surface area contributed by atoms with Gasteiger partial charge in [-0.2, -0.15) is 0 Å². The van der Waals surface area contributed by atoms with Gasteiger partial charge in [-0.1, -0.05) is 25.1 Å². The van der Waals surface area contributed by atoms with Crippen molar-refractivity contribution in [3.8, 4) is 5.75 Å². The number of amides is 1. The van der Waals surface area contributed by atoms with E-state index in [0.29, 0.717) is 0 Å². The highest BCUT2D eigenvalue weighted by Gasteiger charge is 2.25. The van der Waals surface area contributed by atoms with E-state index in [1.807, 2.05) is 43.3 Å². The number of aryl methyl sites for hydroxylation is 2. The standard InChI is InChI=1S/C25H25N3O3S/c1-4-17-15-19(25(32-17)28-24(29)21-10-7-13-31-21)23(18-8-5-6-9-20(18)30-3)27-22-14-16(2)11-12-26-22/h5-15,23H,4H2,1-3H3,(H,26,27)(H,28,29). The largest absolute Gasteiger partial charge is 0.496 e. The molecule has 3 aromatic heterocycles. The molecule has 4 aromatic rings. The van der Waals surface area contributed by atoms with Gasteiger partial charge in [0.05, 0.1) is 19.4 Å². The van der Waals surface area contributed by atoms with E-state index >= 15 is 0 Å². The third-order valence-corrected chi connectivity index (χ3v) is 6.31. The van der Waals surface area contributed by atoms with Gasteiger partial charge in [-0.15, -0.1) is 11.3 Å². The van der Waals surface area contributed by atoms with Crippen LogP contribution >= 0.6 is 11.3 Å². The molecule has 1 aromatic carbocycles. The fourth-order valence-corrected chi connectivity index (χ4v) is 4.54. The Hall–Kier alpha value is -3.58. The van der Waals surface area contributed by atoms with E-state index in [9.17, 15) is 4.79 Å². The number of ether oxygens (including phenoxy) is 1. The van der Waals surface area contributed by atoms with Gasteiger partial charge in [-0.25, -0.2) is 4.98 Å². The van der Waals surface area contributed by atoms with Crippen LogP contribution in [0.15, 0.2) is 71.5 Å². The SMILES string of the molecule is CCc1cc(C(Nc2cc(C)ccn2)c2ccccc2OC)c(NC(=O)c2ccco2)s1. The molecule has 0 bridgehead atoms. The Bertz CT molecular complexity index is 1200. The number of aromatic nitrogens is 1. The predicted octanol–water partition coefficient (Wildman–Crippen LogP) is 6.07. The van der Waals surface area contributed by atoms with Crippen LogP contribution in [0.5, 0.6) is 5.75 Å². The average molecular weight is 448 g/mol. The molecule has 7 heteroatoms. The van der Waals surface area contributed by atoms with Crippen molar-refractivity contribution < 1.29 is 13.9 Å². The lowest BCUT2D eigenvalue weighted by atomic mass is 9.98. The third-order valence-electron chi connectivity index (χ3n) is 5.10. The molecule has 0 aliphatic rings. The number of methoxy groups -OCH3 is 1. The van der Waals surface area contributed by atoms with Crippen LogP contribution in [0.1, 0.15) is 45.1 Å². The molecule has 0 radical (unpaired) electrons. The van der Waals surface area contributed by atoms with Gasteiger partial charge in [0, 0.05) is 22.2 Å². The molecule has 3 heterocycles. The molecule has 0 aliphatic carbocycles. The molecule has 1 unspecified atom stereocenters. The molecule has 4 rings (SSSR count). The molecular formula is C25H25N3O3S. The summed E-state index contributed by atoms with van der Waals surface area (Å²) in [4.78, 5) is 18.4. The summed E-state index contributed by atoms with van der Waals surface area (Å²) in [6.07, 6.45) is 4.13. The number of hydrogen-bond donors (Lipinski definition) is 2. The first-order valence-electron chi connectivity index (χ1n) is 10.4. The second-order valence-electron chi connectivity index (χ2n) is 7.32. The van der Waals surface area contributed by atoms with Crippen LogP contribution < -0.4 is 15.4 Å². The number of thiophene rings is 1. The first-order valence-corrected chi connectivity index (χ1v) is 11.2. The van der Waals surface area contributed by atoms with E-state index in [2.05, 4.69) is 28.6 Å². The number of carbonyl (C=O) groups excluding carboxylic acids is 1. The van der Waals surface area contributed by atoms with Crippen molar-refractivity contribution in [1.82, 2.24) is 4.98 Å². The number of nitrogens with one attached hydrogen (secondary N) is 2. The Morgan fingerprint density at radius 3 is 2.72 bits per heavy atom. The van der Waals surface area contributed by atoms with Crippen molar-refractivity contribution in [3.63, 3.8) is 0 Å². The molecule has 1 amide bonds. The van der Waals surface area contributed by atoms with Crippen LogP contribution in [-0.2, 0) is 6.42 Å². The topological polar surface area (TPSA) is 76.4 Å². The highest BCUT2D eigenvalue weighted by atomic mass is 32.1. The van der Waals surface area contributed by atoms with Crippen LogP contribution in [0.2, 0.25) is 0 Å². The van der Waals surface area contributed by atoms with Gasteiger partial charge in [0.2, 0.25) is 0 Å².